The average molecular weight is 378 g/mol. The first-order chi connectivity index (χ1) is 12.1. The molecule has 0 aliphatic rings. The number of aryl methyl sites for hydroxylation is 2. The standard InChI is InChI=1S/C19H23FN2O3S/c1-14-4-9-18(15(2)12-14)21-19(23)13-22(26(3,24)25)11-10-16-5-7-17(20)8-6-16/h4-9,12H,10-11,13H2,1-3H3,(H,21,23). The summed E-state index contributed by atoms with van der Waals surface area (Å²) in [6, 6.07) is 11.5. The molecule has 0 heterocycles. The third-order valence-electron chi connectivity index (χ3n) is 4.01. The first-order valence-corrected chi connectivity index (χ1v) is 10.1. The maximum Gasteiger partial charge on any atom is 0.239 e. The predicted molar refractivity (Wildman–Crippen MR) is 101 cm³/mol. The van der Waals surface area contributed by atoms with Gasteiger partial charge in [0.15, 0.2) is 0 Å². The molecule has 0 atom stereocenters. The summed E-state index contributed by atoms with van der Waals surface area (Å²) >= 11 is 0. The van der Waals surface area contributed by atoms with E-state index in [0.717, 1.165) is 27.3 Å². The molecule has 26 heavy (non-hydrogen) atoms. The monoisotopic (exact) mass is 378 g/mol. The van der Waals surface area contributed by atoms with Crippen molar-refractivity contribution in [2.24, 2.45) is 0 Å². The molecule has 2 aromatic carbocycles. The van der Waals surface area contributed by atoms with Crippen molar-refractivity contribution in [3.63, 3.8) is 0 Å². The number of carbonyl (C=O) groups excluding carboxylic acids is 1. The summed E-state index contributed by atoms with van der Waals surface area (Å²) < 4.78 is 38.1. The number of nitrogens with zero attached hydrogens (tertiary/aromatic N) is 1. The third-order valence-corrected chi connectivity index (χ3v) is 5.26. The lowest BCUT2D eigenvalue weighted by atomic mass is 10.1. The van der Waals surface area contributed by atoms with Crippen LogP contribution in [0.25, 0.3) is 0 Å². The number of hydrogen-bond donors (Lipinski definition) is 1. The zero-order chi connectivity index (χ0) is 19.3. The van der Waals surface area contributed by atoms with Crippen LogP contribution in [0.3, 0.4) is 0 Å². The van der Waals surface area contributed by atoms with E-state index in [4.69, 9.17) is 0 Å². The van der Waals surface area contributed by atoms with Crippen molar-refractivity contribution >= 4 is 21.6 Å². The Labute approximate surface area is 153 Å². The van der Waals surface area contributed by atoms with Crippen LogP contribution in [0.5, 0.6) is 0 Å². The Kier molecular flexibility index (Phi) is 6.50. The van der Waals surface area contributed by atoms with Crippen LogP contribution in [0.2, 0.25) is 0 Å². The summed E-state index contributed by atoms with van der Waals surface area (Å²) in [6.07, 6.45) is 1.46. The minimum atomic E-state index is -3.55. The highest BCUT2D eigenvalue weighted by Crippen LogP contribution is 2.16. The van der Waals surface area contributed by atoms with Crippen LogP contribution in [-0.2, 0) is 21.2 Å². The molecule has 0 bridgehead atoms. The number of amides is 1. The average Bonchev–Trinajstić information content (AvgIpc) is 2.54. The van der Waals surface area contributed by atoms with Crippen molar-refractivity contribution < 1.29 is 17.6 Å². The van der Waals surface area contributed by atoms with E-state index in [-0.39, 0.29) is 18.9 Å². The van der Waals surface area contributed by atoms with Gasteiger partial charge in [0.2, 0.25) is 15.9 Å². The molecule has 0 fully saturated rings. The Bertz CT molecular complexity index is 880. The van der Waals surface area contributed by atoms with Crippen molar-refractivity contribution in [2.75, 3.05) is 24.7 Å². The first kappa shape index (κ1) is 20.1. The summed E-state index contributed by atoms with van der Waals surface area (Å²) in [7, 11) is -3.55. The predicted octanol–water partition coefficient (Wildman–Crippen LogP) is 2.89. The molecule has 2 aromatic rings. The highest BCUT2D eigenvalue weighted by molar-refractivity contribution is 7.88. The first-order valence-electron chi connectivity index (χ1n) is 8.22. The molecule has 0 saturated carbocycles. The van der Waals surface area contributed by atoms with Gasteiger partial charge in [-0.2, -0.15) is 4.31 Å². The fourth-order valence-electron chi connectivity index (χ4n) is 2.57. The van der Waals surface area contributed by atoms with E-state index in [0.29, 0.717) is 12.1 Å². The van der Waals surface area contributed by atoms with Crippen LogP contribution >= 0.6 is 0 Å². The lowest BCUT2D eigenvalue weighted by molar-refractivity contribution is -0.116. The molecule has 7 heteroatoms. The molecule has 0 radical (unpaired) electrons. The van der Waals surface area contributed by atoms with E-state index < -0.39 is 15.9 Å². The van der Waals surface area contributed by atoms with E-state index in [9.17, 15) is 17.6 Å². The van der Waals surface area contributed by atoms with Gasteiger partial charge in [0.1, 0.15) is 5.82 Å². The van der Waals surface area contributed by atoms with Gasteiger partial charge < -0.3 is 5.32 Å². The molecule has 0 aliphatic heterocycles. The summed E-state index contributed by atoms with van der Waals surface area (Å²) in [5.74, 6) is -0.747. The number of nitrogens with one attached hydrogen (secondary N) is 1. The van der Waals surface area contributed by atoms with Crippen LogP contribution in [0.1, 0.15) is 16.7 Å². The number of rotatable bonds is 7. The maximum atomic E-state index is 13.0. The second-order valence-corrected chi connectivity index (χ2v) is 8.32. The van der Waals surface area contributed by atoms with Crippen LogP contribution in [0.15, 0.2) is 42.5 Å². The normalized spacial score (nSPS) is 11.6. The van der Waals surface area contributed by atoms with Gasteiger partial charge in [-0.1, -0.05) is 29.8 Å². The van der Waals surface area contributed by atoms with E-state index in [2.05, 4.69) is 5.32 Å². The van der Waals surface area contributed by atoms with Crippen LogP contribution in [0.4, 0.5) is 10.1 Å². The SMILES string of the molecule is Cc1ccc(NC(=O)CN(CCc2ccc(F)cc2)S(C)(=O)=O)c(C)c1. The van der Waals surface area contributed by atoms with E-state index in [1.165, 1.54) is 12.1 Å². The molecule has 1 amide bonds. The highest BCUT2D eigenvalue weighted by Gasteiger charge is 2.20. The summed E-state index contributed by atoms with van der Waals surface area (Å²) in [4.78, 5) is 12.3. The van der Waals surface area contributed by atoms with Crippen molar-refractivity contribution in [1.29, 1.82) is 0 Å². The molecule has 1 N–H and O–H groups in total. The highest BCUT2D eigenvalue weighted by atomic mass is 32.2. The van der Waals surface area contributed by atoms with E-state index in [1.807, 2.05) is 26.0 Å². The van der Waals surface area contributed by atoms with Crippen LogP contribution in [0, 0.1) is 19.7 Å². The molecule has 0 unspecified atom stereocenters. The van der Waals surface area contributed by atoms with Crippen LogP contribution in [-0.4, -0.2) is 38.0 Å². The van der Waals surface area contributed by atoms with Crippen LogP contribution < -0.4 is 5.32 Å². The minimum Gasteiger partial charge on any atom is -0.325 e. The molecule has 0 spiro atoms. The minimum absolute atomic E-state index is 0.144. The number of benzene rings is 2. The summed E-state index contributed by atoms with van der Waals surface area (Å²) in [5.41, 5.74) is 3.45. The summed E-state index contributed by atoms with van der Waals surface area (Å²) in [5, 5.41) is 2.75. The van der Waals surface area contributed by atoms with Gasteiger partial charge in [-0.15, -0.1) is 0 Å². The quantitative estimate of drug-likeness (QED) is 0.806. The summed E-state index contributed by atoms with van der Waals surface area (Å²) in [6.45, 7) is 3.71. The molecule has 0 saturated heterocycles. The fourth-order valence-corrected chi connectivity index (χ4v) is 3.35. The Morgan fingerprint density at radius 1 is 1.12 bits per heavy atom. The third kappa shape index (κ3) is 5.93. The Balaban J connectivity index is 2.02. The fraction of sp³-hybridized carbons (Fsp3) is 0.316. The lowest BCUT2D eigenvalue weighted by Crippen LogP contribution is -2.38. The van der Waals surface area contributed by atoms with Gasteiger partial charge in [0.25, 0.3) is 0 Å². The molecule has 140 valence electrons. The Morgan fingerprint density at radius 2 is 1.77 bits per heavy atom. The van der Waals surface area contributed by atoms with Crippen molar-refractivity contribution in [1.82, 2.24) is 4.31 Å². The largest absolute Gasteiger partial charge is 0.325 e. The Hall–Kier alpha value is -2.25. The topological polar surface area (TPSA) is 66.5 Å². The lowest BCUT2D eigenvalue weighted by Gasteiger charge is -2.20. The van der Waals surface area contributed by atoms with Gasteiger partial charge in [-0.05, 0) is 49.6 Å². The van der Waals surface area contributed by atoms with Gasteiger partial charge >= 0.3 is 0 Å². The van der Waals surface area contributed by atoms with Crippen molar-refractivity contribution in [3.05, 3.63) is 65.0 Å². The zero-order valence-electron chi connectivity index (χ0n) is 15.1. The van der Waals surface area contributed by atoms with Gasteiger partial charge in [-0.3, -0.25) is 4.79 Å². The van der Waals surface area contributed by atoms with Gasteiger partial charge in [-0.25, -0.2) is 12.8 Å². The number of sulfonamides is 1. The number of carbonyl (C=O) groups is 1. The van der Waals surface area contributed by atoms with Gasteiger partial charge in [0.05, 0.1) is 12.8 Å². The van der Waals surface area contributed by atoms with Crippen molar-refractivity contribution in [2.45, 2.75) is 20.3 Å². The molecule has 0 aromatic heterocycles. The van der Waals surface area contributed by atoms with Crippen molar-refractivity contribution in [3.8, 4) is 0 Å². The van der Waals surface area contributed by atoms with E-state index >= 15 is 0 Å². The number of hydrogen-bond acceptors (Lipinski definition) is 3. The van der Waals surface area contributed by atoms with Gasteiger partial charge in [0, 0.05) is 12.2 Å². The molecular formula is C19H23FN2O3S. The molecule has 0 aliphatic carbocycles. The Morgan fingerprint density at radius 3 is 2.35 bits per heavy atom. The second kappa shape index (κ2) is 8.42. The molecule has 2 rings (SSSR count). The molecule has 5 nitrogen and oxygen atoms in total. The number of anilines is 1. The number of halogens is 1. The zero-order valence-corrected chi connectivity index (χ0v) is 15.9. The second-order valence-electron chi connectivity index (χ2n) is 6.34. The van der Waals surface area contributed by atoms with E-state index in [1.54, 1.807) is 18.2 Å². The smallest absolute Gasteiger partial charge is 0.239 e. The molecular weight excluding hydrogens is 355 g/mol. The maximum absolute atomic E-state index is 13.0.